The summed E-state index contributed by atoms with van der Waals surface area (Å²) < 4.78 is 29.4. The molecule has 2 rings (SSSR count). The Morgan fingerprint density at radius 3 is 1.78 bits per heavy atom. The average molecular weight is 598 g/mol. The summed E-state index contributed by atoms with van der Waals surface area (Å²) in [6.07, 6.45) is 3.92. The zero-order valence-corrected chi connectivity index (χ0v) is 25.2. The van der Waals surface area contributed by atoms with Crippen LogP contribution in [0.1, 0.15) is 72.6 Å². The van der Waals surface area contributed by atoms with Gasteiger partial charge in [0.25, 0.3) is 0 Å². The maximum atomic E-state index is 11.9. The minimum Gasteiger partial charge on any atom is -0.469 e. The molecule has 2 saturated heterocycles. The van der Waals surface area contributed by atoms with Crippen LogP contribution < -0.4 is 0 Å². The van der Waals surface area contributed by atoms with Crippen molar-refractivity contribution in [3.05, 3.63) is 0 Å². The number of carbonyl (C=O) groups excluding carboxylic acids is 4. The van der Waals surface area contributed by atoms with Gasteiger partial charge in [-0.05, 0) is 42.9 Å². The van der Waals surface area contributed by atoms with Gasteiger partial charge in [0.1, 0.15) is 0 Å². The molecule has 11 heteroatoms. The summed E-state index contributed by atoms with van der Waals surface area (Å²) in [7, 11) is 5.45. The molecular weight excluding hydrogens is 552 g/mol. The molecule has 0 aromatic carbocycles. The van der Waals surface area contributed by atoms with Crippen LogP contribution in [0, 0.1) is 10.8 Å². The lowest BCUT2D eigenvalue weighted by Crippen LogP contribution is -2.40. The third-order valence-electron chi connectivity index (χ3n) is 6.94. The van der Waals surface area contributed by atoms with E-state index < -0.39 is 11.6 Å². The van der Waals surface area contributed by atoms with Crippen LogP contribution in [0.3, 0.4) is 0 Å². The van der Waals surface area contributed by atoms with Gasteiger partial charge in [0, 0.05) is 11.8 Å². The van der Waals surface area contributed by atoms with E-state index in [0.29, 0.717) is 37.8 Å². The smallest absolute Gasteiger partial charge is 0.338 e. The highest BCUT2D eigenvalue weighted by molar-refractivity contribution is 9.09. The zero-order chi connectivity index (χ0) is 28.7. The number of ether oxygens (including phenoxy) is 6. The fraction of sp³-hybridized carbons (Fsp3) is 0.846. The number of hydrogen-bond donors (Lipinski definition) is 0. The van der Waals surface area contributed by atoms with Gasteiger partial charge < -0.3 is 28.4 Å². The van der Waals surface area contributed by atoms with E-state index in [4.69, 9.17) is 14.2 Å². The molecule has 0 saturated carbocycles. The van der Waals surface area contributed by atoms with Crippen molar-refractivity contribution in [1.29, 1.82) is 0 Å². The van der Waals surface area contributed by atoms with Gasteiger partial charge >= 0.3 is 23.9 Å². The van der Waals surface area contributed by atoms with Gasteiger partial charge in [-0.15, -0.1) is 0 Å². The summed E-state index contributed by atoms with van der Waals surface area (Å²) in [5.41, 5.74) is -0.864. The normalized spacial score (nSPS) is 28.1. The fourth-order valence-electron chi connectivity index (χ4n) is 3.89. The molecule has 0 radical (unpaired) electrons. The van der Waals surface area contributed by atoms with Crippen LogP contribution in [0.4, 0.5) is 0 Å². The number of alkyl halides is 1. The van der Waals surface area contributed by atoms with E-state index in [2.05, 4.69) is 57.8 Å². The van der Waals surface area contributed by atoms with E-state index in [0.717, 1.165) is 19.3 Å². The summed E-state index contributed by atoms with van der Waals surface area (Å²) in [6.45, 7) is 9.58. The number of esters is 4. The number of rotatable bonds is 9. The average Bonchev–Trinajstić information content (AvgIpc) is 3.49. The monoisotopic (exact) mass is 596 g/mol. The molecule has 2 fully saturated rings. The second kappa shape index (κ2) is 17.0. The van der Waals surface area contributed by atoms with Crippen LogP contribution >= 0.6 is 15.9 Å². The Morgan fingerprint density at radius 2 is 1.41 bits per heavy atom. The van der Waals surface area contributed by atoms with Crippen molar-refractivity contribution < 1.29 is 47.6 Å². The van der Waals surface area contributed by atoms with Crippen LogP contribution in [0.2, 0.25) is 0 Å². The van der Waals surface area contributed by atoms with E-state index in [1.807, 2.05) is 0 Å². The predicted octanol–water partition coefficient (Wildman–Crippen LogP) is 4.00. The van der Waals surface area contributed by atoms with Crippen LogP contribution in [-0.4, -0.2) is 82.6 Å². The number of halogens is 1. The lowest BCUT2D eigenvalue weighted by molar-refractivity contribution is -0.165. The summed E-state index contributed by atoms with van der Waals surface area (Å²) in [4.78, 5) is 44.4. The molecule has 0 N–H and O–H groups in total. The van der Waals surface area contributed by atoms with E-state index in [1.54, 1.807) is 0 Å². The number of carbonyl (C=O) groups is 4. The highest BCUT2D eigenvalue weighted by Gasteiger charge is 2.52. The first-order valence-electron chi connectivity index (χ1n) is 12.4. The Labute approximate surface area is 229 Å². The Hall–Kier alpha value is -1.72. The van der Waals surface area contributed by atoms with E-state index in [-0.39, 0.29) is 41.3 Å². The Morgan fingerprint density at radius 1 is 0.838 bits per heavy atom. The Kier molecular flexibility index (Phi) is 16.2. The van der Waals surface area contributed by atoms with Crippen LogP contribution in [0.15, 0.2) is 0 Å². The van der Waals surface area contributed by atoms with Crippen molar-refractivity contribution in [2.45, 2.75) is 84.3 Å². The van der Waals surface area contributed by atoms with Crippen molar-refractivity contribution in [2.75, 3.05) is 47.0 Å². The third kappa shape index (κ3) is 11.7. The van der Waals surface area contributed by atoms with Crippen molar-refractivity contribution in [3.8, 4) is 0 Å². The maximum absolute atomic E-state index is 11.9. The highest BCUT2D eigenvalue weighted by atomic mass is 79.9. The van der Waals surface area contributed by atoms with Crippen LogP contribution in [0.25, 0.3) is 0 Å². The van der Waals surface area contributed by atoms with Gasteiger partial charge in [0.2, 0.25) is 0 Å². The molecule has 216 valence electrons. The quantitative estimate of drug-likeness (QED) is 0.219. The predicted molar refractivity (Wildman–Crippen MR) is 140 cm³/mol. The second-order valence-electron chi connectivity index (χ2n) is 9.90. The lowest BCUT2D eigenvalue weighted by Gasteiger charge is -2.26. The number of hydrogen-bond acceptors (Lipinski definition) is 10. The fourth-order valence-corrected chi connectivity index (χ4v) is 4.22. The largest absolute Gasteiger partial charge is 0.469 e. The van der Waals surface area contributed by atoms with Gasteiger partial charge in [-0.25, -0.2) is 9.59 Å². The Balaban J connectivity index is 0.000000586. The third-order valence-corrected chi connectivity index (χ3v) is 7.33. The van der Waals surface area contributed by atoms with E-state index >= 15 is 0 Å². The summed E-state index contributed by atoms with van der Waals surface area (Å²) in [6, 6.07) is 0. The van der Waals surface area contributed by atoms with Crippen LogP contribution in [-0.2, 0) is 47.6 Å². The minimum absolute atomic E-state index is 0.0374. The van der Waals surface area contributed by atoms with E-state index in [9.17, 15) is 19.2 Å². The maximum Gasteiger partial charge on any atom is 0.338 e. The van der Waals surface area contributed by atoms with E-state index in [1.165, 1.54) is 28.4 Å². The molecular formula is C26H45BrO10. The summed E-state index contributed by atoms with van der Waals surface area (Å²) in [5.74, 6) is -1.15. The first kappa shape index (κ1) is 35.3. The van der Waals surface area contributed by atoms with Crippen molar-refractivity contribution >= 4 is 39.8 Å². The molecule has 2 aliphatic rings. The zero-order valence-electron chi connectivity index (χ0n) is 23.6. The van der Waals surface area contributed by atoms with Gasteiger partial charge in [-0.1, -0.05) is 43.6 Å². The van der Waals surface area contributed by atoms with Crippen molar-refractivity contribution in [2.24, 2.45) is 10.8 Å². The summed E-state index contributed by atoms with van der Waals surface area (Å²) >= 11 is 3.09. The Bertz CT molecular complexity index is 745. The molecule has 0 aliphatic carbocycles. The van der Waals surface area contributed by atoms with Gasteiger partial charge in [-0.2, -0.15) is 0 Å². The SMILES string of the molecule is CCC1(C)COC(C(=O)OC)C1.CCC1(C)COC(CCC(=O)OC)(C(=O)OC)C1.COC(=O)CCBr. The highest BCUT2D eigenvalue weighted by Crippen LogP contribution is 2.44. The molecule has 37 heavy (non-hydrogen) atoms. The minimum atomic E-state index is -0.992. The van der Waals surface area contributed by atoms with Gasteiger partial charge in [-0.3, -0.25) is 9.59 Å². The molecule has 0 spiro atoms. The molecule has 0 amide bonds. The van der Waals surface area contributed by atoms with Crippen LogP contribution in [0.5, 0.6) is 0 Å². The first-order valence-corrected chi connectivity index (χ1v) is 13.6. The number of methoxy groups -OCH3 is 4. The summed E-state index contributed by atoms with van der Waals surface area (Å²) in [5, 5.41) is 0.680. The lowest BCUT2D eigenvalue weighted by atomic mass is 9.79. The topological polar surface area (TPSA) is 124 Å². The molecule has 0 aromatic heterocycles. The first-order chi connectivity index (χ1) is 17.3. The van der Waals surface area contributed by atoms with Crippen molar-refractivity contribution in [1.82, 2.24) is 0 Å². The van der Waals surface area contributed by atoms with Gasteiger partial charge in [0.15, 0.2) is 11.7 Å². The molecule has 4 atom stereocenters. The van der Waals surface area contributed by atoms with Gasteiger partial charge in [0.05, 0.1) is 48.1 Å². The molecule has 0 bridgehead atoms. The molecule has 10 nitrogen and oxygen atoms in total. The molecule has 0 aromatic rings. The standard InChI is InChI=1S/C13H22O5.C9H16O3.C4H7BrO2/c1-5-12(2)8-13(18-9-12,11(15)17-4)7-6-10(14)16-3;1-4-9(2)5-7(12-6-9)8(10)11-3;1-7-4(6)2-3-5/h5-9H2,1-4H3;7H,4-6H2,1-3H3;2-3H2,1H3. The molecule has 4 unspecified atom stereocenters. The molecule has 2 heterocycles. The molecule has 2 aliphatic heterocycles. The second-order valence-corrected chi connectivity index (χ2v) is 10.7. The van der Waals surface area contributed by atoms with Crippen molar-refractivity contribution in [3.63, 3.8) is 0 Å².